The van der Waals surface area contributed by atoms with E-state index in [4.69, 9.17) is 4.42 Å². The standard InChI is InChI=1S/C51H37N3O/c1-51(2)39-17-7-3-12-32(39)33-24-22-31(29-40(33)51)52(30-23-27-47-38(28-30)35-14-6-10-21-46(35)55-47)43-25-26-45-50-48(43)37-15-5-9-19-42(37)54(50)44-20-11-16-36-34-13-4-8-18-41(34)53(45)49(36)44/h3-6,8-9,11-16,18-20,22-29H,7,10,17,21H2,1-2H3. The highest BCUT2D eigenvalue weighted by atomic mass is 16.3. The van der Waals surface area contributed by atoms with Crippen LogP contribution in [0.1, 0.15) is 55.6 Å². The highest BCUT2D eigenvalue weighted by molar-refractivity contribution is 6.25. The van der Waals surface area contributed by atoms with Gasteiger partial charge in [0.1, 0.15) is 11.3 Å². The Kier molecular flexibility index (Phi) is 5.63. The van der Waals surface area contributed by atoms with Crippen molar-refractivity contribution in [3.05, 3.63) is 162 Å². The minimum Gasteiger partial charge on any atom is -0.460 e. The number of furan rings is 1. The molecule has 4 heterocycles. The number of anilines is 3. The Morgan fingerprint density at radius 2 is 1.31 bits per heavy atom. The van der Waals surface area contributed by atoms with Gasteiger partial charge < -0.3 is 18.1 Å². The first-order valence-corrected chi connectivity index (χ1v) is 19.7. The highest BCUT2D eigenvalue weighted by Gasteiger charge is 2.38. The molecule has 0 aliphatic heterocycles. The van der Waals surface area contributed by atoms with Crippen molar-refractivity contribution in [3.8, 4) is 0 Å². The second-order valence-electron chi connectivity index (χ2n) is 16.3. The molecule has 0 spiro atoms. The Morgan fingerprint density at radius 3 is 2.22 bits per heavy atom. The van der Waals surface area contributed by atoms with E-state index in [9.17, 15) is 0 Å². The lowest BCUT2D eigenvalue weighted by atomic mass is 9.78. The van der Waals surface area contributed by atoms with Crippen molar-refractivity contribution in [2.24, 2.45) is 0 Å². The molecule has 0 fully saturated rings. The maximum Gasteiger partial charge on any atom is 0.135 e. The SMILES string of the molecule is CC1(C)C2=C(C=CCC2)c2ccc(N(c3ccc4oc5c(c4c3)C=CCC5)c3ccc4c5c3c3ccccc3n5c3cccc5c6ccccc6n4c53)cc21. The number of allylic oxidation sites excluding steroid dienone is 5. The average molecular weight is 708 g/mol. The smallest absolute Gasteiger partial charge is 0.135 e. The first-order valence-electron chi connectivity index (χ1n) is 19.7. The molecule has 0 unspecified atom stereocenters. The van der Waals surface area contributed by atoms with Crippen LogP contribution in [0.4, 0.5) is 17.1 Å². The lowest BCUT2D eigenvalue weighted by Gasteiger charge is -2.30. The van der Waals surface area contributed by atoms with Gasteiger partial charge in [0.2, 0.25) is 0 Å². The minimum absolute atomic E-state index is 0.0455. The Morgan fingerprint density at radius 1 is 0.600 bits per heavy atom. The summed E-state index contributed by atoms with van der Waals surface area (Å²) >= 11 is 0. The quantitative estimate of drug-likeness (QED) is 0.171. The van der Waals surface area contributed by atoms with Gasteiger partial charge in [0.05, 0.1) is 38.8 Å². The van der Waals surface area contributed by atoms with E-state index in [-0.39, 0.29) is 5.41 Å². The molecule has 10 aromatic rings. The number of aryl methyl sites for hydroxylation is 1. The molecule has 0 N–H and O–H groups in total. The lowest BCUT2D eigenvalue weighted by molar-refractivity contribution is 0.546. The summed E-state index contributed by atoms with van der Waals surface area (Å²) in [7, 11) is 0. The molecule has 4 nitrogen and oxygen atoms in total. The number of rotatable bonds is 3. The Hall–Kier alpha value is -6.52. The van der Waals surface area contributed by atoms with Crippen molar-refractivity contribution in [1.29, 1.82) is 0 Å². The number of hydrogen-bond acceptors (Lipinski definition) is 2. The molecule has 3 aliphatic carbocycles. The molecule has 6 aromatic carbocycles. The summed E-state index contributed by atoms with van der Waals surface area (Å²) in [4.78, 5) is 2.52. The van der Waals surface area contributed by atoms with Crippen LogP contribution in [0.2, 0.25) is 0 Å². The van der Waals surface area contributed by atoms with Crippen LogP contribution in [0.5, 0.6) is 0 Å². The van der Waals surface area contributed by atoms with Gasteiger partial charge in [0.15, 0.2) is 0 Å². The van der Waals surface area contributed by atoms with Gasteiger partial charge in [-0.05, 0) is 96.6 Å². The molecule has 0 amide bonds. The average Bonchev–Trinajstić information content (AvgIpc) is 3.94. The van der Waals surface area contributed by atoms with E-state index in [1.165, 1.54) is 93.7 Å². The summed E-state index contributed by atoms with van der Waals surface area (Å²) in [5.74, 6) is 1.09. The molecule has 0 radical (unpaired) electrons. The fourth-order valence-electron chi connectivity index (χ4n) is 10.8. The number of hydrogen-bond donors (Lipinski definition) is 0. The molecule has 0 saturated carbocycles. The third kappa shape index (κ3) is 3.72. The molecule has 4 heteroatoms. The first-order chi connectivity index (χ1) is 27.1. The zero-order valence-electron chi connectivity index (χ0n) is 30.9. The van der Waals surface area contributed by atoms with Gasteiger partial charge in [-0.1, -0.05) is 98.3 Å². The molecular weight excluding hydrogens is 671 g/mol. The lowest BCUT2D eigenvalue weighted by Crippen LogP contribution is -2.19. The van der Waals surface area contributed by atoms with Crippen molar-refractivity contribution >= 4 is 94.3 Å². The van der Waals surface area contributed by atoms with E-state index < -0.39 is 0 Å². The van der Waals surface area contributed by atoms with Gasteiger partial charge >= 0.3 is 0 Å². The molecule has 0 atom stereocenters. The van der Waals surface area contributed by atoms with Crippen LogP contribution in [0, 0.1) is 0 Å². The van der Waals surface area contributed by atoms with Crippen molar-refractivity contribution in [1.82, 2.24) is 8.80 Å². The normalized spacial score (nSPS) is 16.2. The third-order valence-electron chi connectivity index (χ3n) is 13.2. The third-order valence-corrected chi connectivity index (χ3v) is 13.2. The topological polar surface area (TPSA) is 25.2 Å². The number of fused-ring (bicyclic) bond motifs is 13. The van der Waals surface area contributed by atoms with Gasteiger partial charge in [0.25, 0.3) is 0 Å². The summed E-state index contributed by atoms with van der Waals surface area (Å²) in [6, 6.07) is 43.4. The number of benzene rings is 6. The predicted octanol–water partition coefficient (Wildman–Crippen LogP) is 13.8. The van der Waals surface area contributed by atoms with Crippen LogP contribution >= 0.6 is 0 Å². The van der Waals surface area contributed by atoms with Crippen LogP contribution in [0.15, 0.2) is 143 Å². The maximum absolute atomic E-state index is 6.45. The van der Waals surface area contributed by atoms with Crippen LogP contribution < -0.4 is 4.90 Å². The number of aromatic nitrogens is 2. The van der Waals surface area contributed by atoms with Gasteiger partial charge in [-0.3, -0.25) is 0 Å². The largest absolute Gasteiger partial charge is 0.460 e. The fourth-order valence-corrected chi connectivity index (χ4v) is 10.8. The van der Waals surface area contributed by atoms with Crippen LogP contribution in [-0.4, -0.2) is 8.80 Å². The van der Waals surface area contributed by atoms with E-state index >= 15 is 0 Å². The van der Waals surface area contributed by atoms with Crippen LogP contribution in [-0.2, 0) is 11.8 Å². The molecule has 3 aliphatic rings. The second kappa shape index (κ2) is 10.4. The van der Waals surface area contributed by atoms with Crippen LogP contribution in [0.3, 0.4) is 0 Å². The monoisotopic (exact) mass is 707 g/mol. The minimum atomic E-state index is -0.0455. The van der Waals surface area contributed by atoms with E-state index in [1.807, 2.05) is 0 Å². The molecular formula is C51H37N3O. The van der Waals surface area contributed by atoms with E-state index in [0.29, 0.717) is 0 Å². The molecule has 13 rings (SSSR count). The Labute approximate surface area is 317 Å². The van der Waals surface area contributed by atoms with Crippen molar-refractivity contribution < 1.29 is 4.42 Å². The van der Waals surface area contributed by atoms with Gasteiger partial charge in [-0.15, -0.1) is 0 Å². The molecule has 0 bridgehead atoms. The summed E-state index contributed by atoms with van der Waals surface area (Å²) in [6.45, 7) is 4.84. The van der Waals surface area contributed by atoms with E-state index in [0.717, 1.165) is 42.7 Å². The Balaban J connectivity index is 1.16. The Bertz CT molecular complexity index is 3410. The number of nitrogens with zero attached hydrogens (tertiary/aromatic N) is 3. The highest BCUT2D eigenvalue weighted by Crippen LogP contribution is 2.53. The van der Waals surface area contributed by atoms with E-state index in [2.05, 4.69) is 167 Å². The summed E-state index contributed by atoms with van der Waals surface area (Å²) in [5.41, 5.74) is 18.7. The maximum atomic E-state index is 6.45. The van der Waals surface area contributed by atoms with Crippen molar-refractivity contribution in [2.75, 3.05) is 4.90 Å². The first kappa shape index (κ1) is 29.9. The molecule has 55 heavy (non-hydrogen) atoms. The van der Waals surface area contributed by atoms with Gasteiger partial charge in [-0.2, -0.15) is 0 Å². The van der Waals surface area contributed by atoms with Gasteiger partial charge in [0, 0.05) is 55.7 Å². The summed E-state index contributed by atoms with van der Waals surface area (Å²) in [5, 5.41) is 6.24. The summed E-state index contributed by atoms with van der Waals surface area (Å²) < 4.78 is 11.5. The molecule has 0 saturated heterocycles. The molecule has 4 aromatic heterocycles. The zero-order chi connectivity index (χ0) is 36.2. The predicted molar refractivity (Wildman–Crippen MR) is 230 cm³/mol. The van der Waals surface area contributed by atoms with Crippen LogP contribution in [0.25, 0.3) is 77.3 Å². The van der Waals surface area contributed by atoms with Crippen molar-refractivity contribution in [2.45, 2.75) is 44.9 Å². The molecule has 262 valence electrons. The fraction of sp³-hybridized carbons (Fsp3) is 0.137. The van der Waals surface area contributed by atoms with Gasteiger partial charge in [-0.25, -0.2) is 0 Å². The van der Waals surface area contributed by atoms with E-state index in [1.54, 1.807) is 5.57 Å². The van der Waals surface area contributed by atoms with Crippen molar-refractivity contribution in [3.63, 3.8) is 0 Å². The summed E-state index contributed by atoms with van der Waals surface area (Å²) in [6.07, 6.45) is 13.4. The number of para-hydroxylation sites is 3. The zero-order valence-corrected chi connectivity index (χ0v) is 30.9. The second-order valence-corrected chi connectivity index (χ2v) is 16.3.